The van der Waals surface area contributed by atoms with Crippen LogP contribution in [0.3, 0.4) is 0 Å². The summed E-state index contributed by atoms with van der Waals surface area (Å²) < 4.78 is 0. The molecule has 0 heterocycles. The number of ketones is 2. The molecule has 0 aliphatic carbocycles. The number of carbonyl (C=O) groups is 4. The summed E-state index contributed by atoms with van der Waals surface area (Å²) in [6.07, 6.45) is -0.301. The van der Waals surface area contributed by atoms with Gasteiger partial charge in [-0.15, -0.1) is 0 Å². The first-order valence-electron chi connectivity index (χ1n) is 6.91. The van der Waals surface area contributed by atoms with Gasteiger partial charge in [0.05, 0.1) is 0 Å². The molecule has 0 radical (unpaired) electrons. The molecular weight excluding hydrogens is 288 g/mol. The van der Waals surface area contributed by atoms with E-state index in [9.17, 15) is 24.3 Å². The Kier molecular flexibility index (Phi) is 5.56. The van der Waals surface area contributed by atoms with E-state index < -0.39 is 35.3 Å². The lowest BCUT2D eigenvalue weighted by atomic mass is 9.76. The standard InChI is InChI=1S/C16H18O6/c1-3-16(4-2,15(21)22)14(20)11-7-5-10(6-8-11)12(17)9-13(18)19/h5-8H,3-4,9H2,1-2H3,(H,18,19)(H,21,22). The van der Waals surface area contributed by atoms with Crippen molar-refractivity contribution in [1.82, 2.24) is 0 Å². The third kappa shape index (κ3) is 3.39. The Morgan fingerprint density at radius 3 is 1.73 bits per heavy atom. The van der Waals surface area contributed by atoms with Crippen LogP contribution in [0.1, 0.15) is 53.8 Å². The number of hydrogen-bond acceptors (Lipinski definition) is 4. The van der Waals surface area contributed by atoms with Crippen LogP contribution in [0.2, 0.25) is 0 Å². The average Bonchev–Trinajstić information content (AvgIpc) is 2.48. The molecule has 6 nitrogen and oxygen atoms in total. The Hall–Kier alpha value is -2.50. The van der Waals surface area contributed by atoms with Crippen LogP contribution in [-0.2, 0) is 9.59 Å². The quantitative estimate of drug-likeness (QED) is 0.564. The third-order valence-electron chi connectivity index (χ3n) is 3.83. The number of carboxylic acid groups (broad SMARTS) is 2. The lowest BCUT2D eigenvalue weighted by Gasteiger charge is -2.25. The second-order valence-corrected chi connectivity index (χ2v) is 4.99. The summed E-state index contributed by atoms with van der Waals surface area (Å²) in [6, 6.07) is 5.41. The lowest BCUT2D eigenvalue weighted by molar-refractivity contribution is -0.146. The highest BCUT2D eigenvalue weighted by atomic mass is 16.4. The van der Waals surface area contributed by atoms with Crippen LogP contribution in [0.4, 0.5) is 0 Å². The van der Waals surface area contributed by atoms with Crippen molar-refractivity contribution in [2.45, 2.75) is 33.1 Å². The zero-order valence-electron chi connectivity index (χ0n) is 12.5. The average molecular weight is 306 g/mol. The van der Waals surface area contributed by atoms with E-state index in [0.717, 1.165) is 0 Å². The van der Waals surface area contributed by atoms with Gasteiger partial charge < -0.3 is 10.2 Å². The van der Waals surface area contributed by atoms with E-state index in [-0.39, 0.29) is 24.0 Å². The van der Waals surface area contributed by atoms with Crippen molar-refractivity contribution < 1.29 is 29.4 Å². The summed E-state index contributed by atoms with van der Waals surface area (Å²) in [5.74, 6) is -3.48. The van der Waals surface area contributed by atoms with Gasteiger partial charge in [0.15, 0.2) is 11.6 Å². The van der Waals surface area contributed by atoms with E-state index in [4.69, 9.17) is 5.11 Å². The largest absolute Gasteiger partial charge is 0.481 e. The van der Waals surface area contributed by atoms with Crippen molar-refractivity contribution in [1.29, 1.82) is 0 Å². The van der Waals surface area contributed by atoms with Crippen LogP contribution < -0.4 is 0 Å². The molecule has 1 aromatic rings. The van der Waals surface area contributed by atoms with Gasteiger partial charge in [-0.25, -0.2) is 0 Å². The molecule has 0 aliphatic heterocycles. The molecule has 6 heteroatoms. The first kappa shape index (κ1) is 17.6. The van der Waals surface area contributed by atoms with Crippen molar-refractivity contribution in [3.05, 3.63) is 35.4 Å². The van der Waals surface area contributed by atoms with E-state index in [1.165, 1.54) is 24.3 Å². The van der Waals surface area contributed by atoms with Crippen LogP contribution in [-0.4, -0.2) is 33.7 Å². The normalized spacial score (nSPS) is 11.0. The van der Waals surface area contributed by atoms with Gasteiger partial charge in [0.2, 0.25) is 0 Å². The summed E-state index contributed by atoms with van der Waals surface area (Å²) >= 11 is 0. The molecular formula is C16H18O6. The van der Waals surface area contributed by atoms with Gasteiger partial charge in [0, 0.05) is 11.1 Å². The number of hydrogen-bond donors (Lipinski definition) is 2. The number of carboxylic acids is 2. The van der Waals surface area contributed by atoms with Crippen LogP contribution in [0, 0.1) is 5.41 Å². The number of benzene rings is 1. The Morgan fingerprint density at radius 1 is 0.909 bits per heavy atom. The van der Waals surface area contributed by atoms with Crippen molar-refractivity contribution in [3.63, 3.8) is 0 Å². The predicted molar refractivity (Wildman–Crippen MR) is 78.0 cm³/mol. The lowest BCUT2D eigenvalue weighted by Crippen LogP contribution is -2.38. The Labute approximate surface area is 127 Å². The highest BCUT2D eigenvalue weighted by Gasteiger charge is 2.42. The van der Waals surface area contributed by atoms with Crippen LogP contribution in [0.25, 0.3) is 0 Å². The van der Waals surface area contributed by atoms with E-state index in [1.54, 1.807) is 13.8 Å². The summed E-state index contributed by atoms with van der Waals surface area (Å²) in [4.78, 5) is 46.0. The number of aliphatic carboxylic acids is 2. The fourth-order valence-electron chi connectivity index (χ4n) is 2.29. The van der Waals surface area contributed by atoms with Gasteiger partial charge in [-0.3, -0.25) is 19.2 Å². The molecule has 1 rings (SSSR count). The van der Waals surface area contributed by atoms with E-state index in [2.05, 4.69) is 0 Å². The SMILES string of the molecule is CCC(CC)(C(=O)O)C(=O)c1ccc(C(=O)CC(=O)O)cc1. The van der Waals surface area contributed by atoms with E-state index >= 15 is 0 Å². The van der Waals surface area contributed by atoms with Gasteiger partial charge in [-0.05, 0) is 12.8 Å². The maximum absolute atomic E-state index is 12.5. The van der Waals surface area contributed by atoms with Gasteiger partial charge in [-0.2, -0.15) is 0 Å². The summed E-state index contributed by atoms with van der Waals surface area (Å²) in [5, 5.41) is 17.9. The molecule has 1 aromatic carbocycles. The highest BCUT2D eigenvalue weighted by molar-refractivity contribution is 6.12. The molecule has 2 N–H and O–H groups in total. The van der Waals surface area contributed by atoms with E-state index in [1.807, 2.05) is 0 Å². The maximum Gasteiger partial charge on any atom is 0.317 e. The first-order chi connectivity index (χ1) is 10.3. The minimum Gasteiger partial charge on any atom is -0.481 e. The second kappa shape index (κ2) is 6.98. The number of Topliss-reactive ketones (excluding diaryl/α,β-unsaturated/α-hetero) is 2. The molecule has 0 aliphatic rings. The van der Waals surface area contributed by atoms with Gasteiger partial charge in [0.25, 0.3) is 0 Å². The predicted octanol–water partition coefficient (Wildman–Crippen LogP) is 2.42. The third-order valence-corrected chi connectivity index (χ3v) is 3.83. The molecule has 118 valence electrons. The Balaban J connectivity index is 3.08. The molecule has 0 unspecified atom stereocenters. The summed E-state index contributed by atoms with van der Waals surface area (Å²) in [5.41, 5.74) is -1.11. The Morgan fingerprint density at radius 2 is 1.36 bits per heavy atom. The topological polar surface area (TPSA) is 109 Å². The molecule has 0 spiro atoms. The van der Waals surface area contributed by atoms with Crippen molar-refractivity contribution in [2.24, 2.45) is 5.41 Å². The summed E-state index contributed by atoms with van der Waals surface area (Å²) in [7, 11) is 0. The monoisotopic (exact) mass is 306 g/mol. The molecule has 0 bridgehead atoms. The molecule has 22 heavy (non-hydrogen) atoms. The molecule has 0 atom stereocenters. The molecule has 0 aromatic heterocycles. The van der Waals surface area contributed by atoms with Gasteiger partial charge in [0.1, 0.15) is 11.8 Å². The van der Waals surface area contributed by atoms with Gasteiger partial charge >= 0.3 is 11.9 Å². The number of carbonyl (C=O) groups excluding carboxylic acids is 2. The van der Waals surface area contributed by atoms with Crippen molar-refractivity contribution in [2.75, 3.05) is 0 Å². The molecule has 0 saturated carbocycles. The fraction of sp³-hybridized carbons (Fsp3) is 0.375. The smallest absolute Gasteiger partial charge is 0.317 e. The maximum atomic E-state index is 12.5. The van der Waals surface area contributed by atoms with Gasteiger partial charge in [-0.1, -0.05) is 38.1 Å². The highest BCUT2D eigenvalue weighted by Crippen LogP contribution is 2.31. The fourth-order valence-corrected chi connectivity index (χ4v) is 2.29. The number of rotatable bonds is 8. The van der Waals surface area contributed by atoms with Crippen molar-refractivity contribution >= 4 is 23.5 Å². The molecule has 0 saturated heterocycles. The van der Waals surface area contributed by atoms with Crippen LogP contribution in [0.5, 0.6) is 0 Å². The zero-order valence-corrected chi connectivity index (χ0v) is 12.5. The van der Waals surface area contributed by atoms with Crippen molar-refractivity contribution in [3.8, 4) is 0 Å². The molecule has 0 fully saturated rings. The van der Waals surface area contributed by atoms with Crippen LogP contribution in [0.15, 0.2) is 24.3 Å². The Bertz CT molecular complexity index is 596. The molecule has 0 amide bonds. The minimum atomic E-state index is -1.48. The second-order valence-electron chi connectivity index (χ2n) is 4.99. The summed E-state index contributed by atoms with van der Waals surface area (Å²) in [6.45, 7) is 3.28. The van der Waals surface area contributed by atoms with E-state index in [0.29, 0.717) is 0 Å². The zero-order chi connectivity index (χ0) is 16.9. The minimum absolute atomic E-state index is 0.164. The first-order valence-corrected chi connectivity index (χ1v) is 6.91. The van der Waals surface area contributed by atoms with Crippen LogP contribution >= 0.6 is 0 Å².